The normalized spacial score (nSPS) is 12.1. The molecule has 0 rings (SSSR count). The molecule has 0 bridgehead atoms. The highest BCUT2D eigenvalue weighted by atomic mass is 28.2. The minimum Gasteiger partial charge on any atom is -0.218 e. The molecule has 0 amide bonds. The zero-order chi connectivity index (χ0) is 8.53. The molecule has 0 fully saturated rings. The van der Waals surface area contributed by atoms with Crippen LogP contribution in [0.5, 0.6) is 0 Å². The molecule has 0 saturated carbocycles. The zero-order valence-corrected chi connectivity index (χ0v) is 8.49. The summed E-state index contributed by atoms with van der Waals surface area (Å²) < 4.78 is 12.5. The lowest BCUT2D eigenvalue weighted by Crippen LogP contribution is -1.82. The molecule has 2 heteroatoms. The van der Waals surface area contributed by atoms with Gasteiger partial charge < -0.3 is 0 Å². The second-order valence-electron chi connectivity index (χ2n) is 2.65. The van der Waals surface area contributed by atoms with Gasteiger partial charge in [-0.25, -0.2) is 4.39 Å². The molecule has 0 aliphatic heterocycles. The first-order chi connectivity index (χ1) is 5.31. The molecule has 11 heavy (non-hydrogen) atoms. The Labute approximate surface area is 71.7 Å². The lowest BCUT2D eigenvalue weighted by molar-refractivity contribution is 0.652. The van der Waals surface area contributed by atoms with Crippen LogP contribution in [0.4, 0.5) is 4.39 Å². The van der Waals surface area contributed by atoms with Gasteiger partial charge in [-0.15, -0.1) is 0 Å². The summed E-state index contributed by atoms with van der Waals surface area (Å²) in [7, 11) is 0.338. The third kappa shape index (κ3) is 7.79. The molecule has 0 unspecified atom stereocenters. The maximum Gasteiger partial charge on any atom is 0.118 e. The van der Waals surface area contributed by atoms with E-state index in [1.807, 2.05) is 6.55 Å². The quantitative estimate of drug-likeness (QED) is 0.425. The van der Waals surface area contributed by atoms with E-state index in [0.717, 1.165) is 12.8 Å². The molecule has 0 aromatic rings. The van der Waals surface area contributed by atoms with Crippen LogP contribution in [0.15, 0.2) is 11.5 Å². The Balaban J connectivity index is 3.12. The number of unbranched alkanes of at least 4 members (excludes halogenated alkanes) is 4. The Morgan fingerprint density at radius 2 is 2.09 bits per heavy atom. The molecular formula is C9H17FSi. The van der Waals surface area contributed by atoms with E-state index < -0.39 is 0 Å². The van der Waals surface area contributed by atoms with Crippen molar-refractivity contribution >= 4 is 9.52 Å². The van der Waals surface area contributed by atoms with Crippen molar-refractivity contribution in [2.24, 2.45) is 0 Å². The lowest BCUT2D eigenvalue weighted by atomic mass is 10.2. The molecule has 0 aliphatic carbocycles. The second-order valence-corrected chi connectivity index (χ2v) is 3.63. The molecule has 0 nitrogen and oxygen atoms in total. The van der Waals surface area contributed by atoms with Gasteiger partial charge in [0.2, 0.25) is 0 Å². The summed E-state index contributed by atoms with van der Waals surface area (Å²) in [6.07, 6.45) is 7.57. The van der Waals surface area contributed by atoms with E-state index in [-0.39, 0.29) is 5.45 Å². The Hall–Kier alpha value is -0.113. The molecule has 2 radical (unpaired) electrons. The first kappa shape index (κ1) is 10.9. The van der Waals surface area contributed by atoms with Crippen molar-refractivity contribution in [2.45, 2.75) is 45.6 Å². The van der Waals surface area contributed by atoms with E-state index in [4.69, 9.17) is 0 Å². The Morgan fingerprint density at radius 3 is 2.64 bits per heavy atom. The molecule has 0 spiro atoms. The maximum absolute atomic E-state index is 12.5. The molecular weight excluding hydrogens is 155 g/mol. The van der Waals surface area contributed by atoms with Gasteiger partial charge in [0.15, 0.2) is 0 Å². The SMILES string of the molecule is CCCCCC/C=C(\F)[Si]C. The molecule has 64 valence electrons. The van der Waals surface area contributed by atoms with E-state index in [1.54, 1.807) is 6.08 Å². The van der Waals surface area contributed by atoms with Gasteiger partial charge >= 0.3 is 0 Å². The predicted octanol–water partition coefficient (Wildman–Crippen LogP) is 3.52. The molecule has 0 aromatic heterocycles. The van der Waals surface area contributed by atoms with Gasteiger partial charge in [0, 0.05) is 0 Å². The van der Waals surface area contributed by atoms with Gasteiger partial charge in [-0.05, 0) is 12.8 Å². The molecule has 0 aromatic carbocycles. The van der Waals surface area contributed by atoms with Crippen LogP contribution in [0.25, 0.3) is 0 Å². The van der Waals surface area contributed by atoms with Crippen LogP contribution in [0, 0.1) is 0 Å². The van der Waals surface area contributed by atoms with Crippen molar-refractivity contribution in [1.82, 2.24) is 0 Å². The van der Waals surface area contributed by atoms with Gasteiger partial charge in [0.1, 0.15) is 9.52 Å². The van der Waals surface area contributed by atoms with E-state index in [2.05, 4.69) is 6.92 Å². The van der Waals surface area contributed by atoms with E-state index >= 15 is 0 Å². The minimum absolute atomic E-state index is 0.0708. The average Bonchev–Trinajstić information content (AvgIpc) is 2.04. The van der Waals surface area contributed by atoms with Crippen LogP contribution in [0.3, 0.4) is 0 Å². The standard InChI is InChI=1S/C9H17FSi/c1-3-4-5-6-7-8-9(10)11-2/h8H,3-7H2,1-2H3/b9-8+. The van der Waals surface area contributed by atoms with Crippen LogP contribution < -0.4 is 0 Å². The fraction of sp³-hybridized carbons (Fsp3) is 0.778. The van der Waals surface area contributed by atoms with Crippen LogP contribution >= 0.6 is 0 Å². The van der Waals surface area contributed by atoms with Gasteiger partial charge in [0.25, 0.3) is 0 Å². The number of allylic oxidation sites excluding steroid dienone is 1. The smallest absolute Gasteiger partial charge is 0.118 e. The number of halogens is 1. The molecule has 0 atom stereocenters. The van der Waals surface area contributed by atoms with Crippen LogP contribution in [-0.2, 0) is 0 Å². The van der Waals surface area contributed by atoms with Gasteiger partial charge in [-0.2, -0.15) is 0 Å². The fourth-order valence-corrected chi connectivity index (χ4v) is 1.25. The lowest BCUT2D eigenvalue weighted by Gasteiger charge is -1.94. The largest absolute Gasteiger partial charge is 0.218 e. The summed E-state index contributed by atoms with van der Waals surface area (Å²) in [4.78, 5) is 0. The predicted molar refractivity (Wildman–Crippen MR) is 49.6 cm³/mol. The number of hydrogen-bond acceptors (Lipinski definition) is 0. The van der Waals surface area contributed by atoms with Crippen molar-refractivity contribution < 1.29 is 4.39 Å². The number of hydrogen-bond donors (Lipinski definition) is 0. The van der Waals surface area contributed by atoms with Crippen molar-refractivity contribution in [3.8, 4) is 0 Å². The van der Waals surface area contributed by atoms with Crippen molar-refractivity contribution in [1.29, 1.82) is 0 Å². The summed E-state index contributed by atoms with van der Waals surface area (Å²) in [6, 6.07) is 0. The Kier molecular flexibility index (Phi) is 7.91. The Morgan fingerprint density at radius 1 is 1.36 bits per heavy atom. The summed E-state index contributed by atoms with van der Waals surface area (Å²) in [5.41, 5.74) is 0.0708. The van der Waals surface area contributed by atoms with Gasteiger partial charge in [-0.3, -0.25) is 0 Å². The topological polar surface area (TPSA) is 0 Å². The van der Waals surface area contributed by atoms with E-state index in [0.29, 0.717) is 9.52 Å². The third-order valence-corrected chi connectivity index (χ3v) is 2.30. The highest BCUT2D eigenvalue weighted by molar-refractivity contribution is 6.42. The number of rotatable bonds is 6. The van der Waals surface area contributed by atoms with Crippen LogP contribution in [0.2, 0.25) is 6.55 Å². The highest BCUT2D eigenvalue weighted by Gasteiger charge is 1.89. The summed E-state index contributed by atoms with van der Waals surface area (Å²) in [5, 5.41) is 0. The van der Waals surface area contributed by atoms with Crippen LogP contribution in [0.1, 0.15) is 39.0 Å². The van der Waals surface area contributed by atoms with E-state index in [1.165, 1.54) is 19.3 Å². The molecule has 0 saturated heterocycles. The highest BCUT2D eigenvalue weighted by Crippen LogP contribution is 2.05. The average molecular weight is 172 g/mol. The second kappa shape index (κ2) is 7.99. The first-order valence-electron chi connectivity index (χ1n) is 4.34. The van der Waals surface area contributed by atoms with Gasteiger partial charge in [0.05, 0.1) is 5.45 Å². The first-order valence-corrected chi connectivity index (χ1v) is 5.84. The summed E-state index contributed by atoms with van der Waals surface area (Å²) in [6.45, 7) is 4.06. The molecule has 0 heterocycles. The monoisotopic (exact) mass is 172 g/mol. The van der Waals surface area contributed by atoms with E-state index in [9.17, 15) is 4.39 Å². The fourth-order valence-electron chi connectivity index (χ4n) is 0.902. The Bertz CT molecular complexity index is 110. The minimum atomic E-state index is 0.0708. The van der Waals surface area contributed by atoms with Crippen molar-refractivity contribution in [3.05, 3.63) is 11.5 Å². The third-order valence-electron chi connectivity index (χ3n) is 1.62. The maximum atomic E-state index is 12.5. The molecule has 0 aliphatic rings. The van der Waals surface area contributed by atoms with Crippen molar-refractivity contribution in [2.75, 3.05) is 0 Å². The van der Waals surface area contributed by atoms with Gasteiger partial charge in [-0.1, -0.05) is 38.8 Å². The summed E-state index contributed by atoms with van der Waals surface area (Å²) >= 11 is 0. The van der Waals surface area contributed by atoms with Crippen molar-refractivity contribution in [3.63, 3.8) is 0 Å². The molecule has 0 N–H and O–H groups in total. The summed E-state index contributed by atoms with van der Waals surface area (Å²) in [5.74, 6) is 0. The zero-order valence-electron chi connectivity index (χ0n) is 7.49. The van der Waals surface area contributed by atoms with Crippen LogP contribution in [-0.4, -0.2) is 9.52 Å².